The Hall–Kier alpha value is -2.24. The van der Waals surface area contributed by atoms with Crippen molar-refractivity contribution in [3.05, 3.63) is 0 Å². The van der Waals surface area contributed by atoms with E-state index in [1.165, 1.54) is 11.8 Å². The average Bonchev–Trinajstić information content (AvgIpc) is 2.89. The van der Waals surface area contributed by atoms with Crippen LogP contribution < -0.4 is 0 Å². The molecule has 2 fully saturated rings. The van der Waals surface area contributed by atoms with Gasteiger partial charge in [-0.25, -0.2) is 14.4 Å². The van der Waals surface area contributed by atoms with Crippen LogP contribution in [0.15, 0.2) is 0 Å². The van der Waals surface area contributed by atoms with E-state index >= 15 is 0 Å². The van der Waals surface area contributed by atoms with Gasteiger partial charge in [-0.3, -0.25) is 19.5 Å². The highest BCUT2D eigenvalue weighted by Crippen LogP contribution is 2.34. The van der Waals surface area contributed by atoms with E-state index in [9.17, 15) is 19.2 Å². The van der Waals surface area contributed by atoms with E-state index in [0.29, 0.717) is 0 Å². The van der Waals surface area contributed by atoms with Crippen LogP contribution in [-0.2, 0) is 48.5 Å². The first kappa shape index (κ1) is 19.1. The maximum Gasteiger partial charge on any atom is 0.339 e. The third kappa shape index (κ3) is 4.87. The fourth-order valence-corrected chi connectivity index (χ4v) is 2.77. The first-order valence-corrected chi connectivity index (χ1v) is 7.60. The van der Waals surface area contributed by atoms with Gasteiger partial charge in [0, 0.05) is 27.2 Å². The maximum atomic E-state index is 12.2. The minimum atomic E-state index is -1.01. The molecule has 0 aliphatic carbocycles. The topological polar surface area (TPSA) is 127 Å². The van der Waals surface area contributed by atoms with E-state index < -0.39 is 42.3 Å². The van der Waals surface area contributed by atoms with E-state index in [1.54, 1.807) is 0 Å². The van der Waals surface area contributed by atoms with Gasteiger partial charge in [0.05, 0.1) is 12.6 Å². The van der Waals surface area contributed by atoms with Crippen LogP contribution in [0.5, 0.6) is 0 Å². The Balaban J connectivity index is 2.17. The third-order valence-corrected chi connectivity index (χ3v) is 3.64. The lowest BCUT2D eigenvalue weighted by Crippen LogP contribution is -2.53. The van der Waals surface area contributed by atoms with E-state index in [0.717, 1.165) is 13.8 Å². The molecule has 0 aromatic rings. The number of hydrogen-bond donors (Lipinski definition) is 0. The lowest BCUT2D eigenvalue weighted by atomic mass is 9.96. The summed E-state index contributed by atoms with van der Waals surface area (Å²) in [6.07, 6.45) is -2.24. The van der Waals surface area contributed by atoms with Gasteiger partial charge in [0.25, 0.3) is 0 Å². The molecule has 0 unspecified atom stereocenters. The van der Waals surface area contributed by atoms with Crippen LogP contribution in [0.25, 0.3) is 0 Å². The molecule has 0 saturated carbocycles. The molecule has 0 bridgehead atoms. The Morgan fingerprint density at radius 1 is 0.880 bits per heavy atom. The second-order valence-electron chi connectivity index (χ2n) is 5.63. The van der Waals surface area contributed by atoms with Crippen LogP contribution in [0, 0.1) is 0 Å². The summed E-state index contributed by atoms with van der Waals surface area (Å²) in [6, 6.07) is -0.763. The quantitative estimate of drug-likeness (QED) is 0.454. The standard InChI is InChI=1S/C14H19NO10/c1-7(16)20-23-10-4-5-12(19)15-6-11(24-21-8(2)17)14(13(10)15)25-22-9(3)18/h10-11,13-14H,4-6H2,1-3H3/t10-,11-,13-,14-/m1/s1. The van der Waals surface area contributed by atoms with Crippen LogP contribution in [0.1, 0.15) is 33.6 Å². The lowest BCUT2D eigenvalue weighted by Gasteiger charge is -2.36. The predicted molar refractivity (Wildman–Crippen MR) is 74.7 cm³/mol. The minimum Gasteiger partial charge on any atom is -0.331 e. The van der Waals surface area contributed by atoms with E-state index in [1.807, 2.05) is 0 Å². The zero-order chi connectivity index (χ0) is 18.6. The van der Waals surface area contributed by atoms with Crippen molar-refractivity contribution in [1.82, 2.24) is 4.90 Å². The summed E-state index contributed by atoms with van der Waals surface area (Å²) < 4.78 is 0. The Morgan fingerprint density at radius 2 is 1.40 bits per heavy atom. The van der Waals surface area contributed by atoms with Crippen molar-refractivity contribution in [2.75, 3.05) is 6.54 Å². The summed E-state index contributed by atoms with van der Waals surface area (Å²) >= 11 is 0. The molecule has 4 atom stereocenters. The number of fused-ring (bicyclic) bond motifs is 1. The number of carbonyl (C=O) groups is 4. The van der Waals surface area contributed by atoms with Gasteiger partial charge in [0.2, 0.25) is 5.91 Å². The van der Waals surface area contributed by atoms with Crippen molar-refractivity contribution in [3.8, 4) is 0 Å². The van der Waals surface area contributed by atoms with E-state index in [4.69, 9.17) is 14.7 Å². The molecule has 0 spiro atoms. The molecule has 2 saturated heterocycles. The summed E-state index contributed by atoms with van der Waals surface area (Å²) in [5.74, 6) is -2.29. The third-order valence-electron chi connectivity index (χ3n) is 3.64. The van der Waals surface area contributed by atoms with Gasteiger partial charge >= 0.3 is 17.9 Å². The van der Waals surface area contributed by atoms with Crippen molar-refractivity contribution in [2.45, 2.75) is 58.0 Å². The largest absolute Gasteiger partial charge is 0.339 e. The normalized spacial score (nSPS) is 28.3. The molecular weight excluding hydrogens is 342 g/mol. The van der Waals surface area contributed by atoms with Gasteiger partial charge in [0.1, 0.15) is 6.10 Å². The first-order chi connectivity index (χ1) is 11.8. The molecule has 1 amide bonds. The molecule has 0 aromatic heterocycles. The first-order valence-electron chi connectivity index (χ1n) is 7.60. The van der Waals surface area contributed by atoms with Crippen molar-refractivity contribution in [1.29, 1.82) is 0 Å². The fourth-order valence-electron chi connectivity index (χ4n) is 2.77. The van der Waals surface area contributed by atoms with E-state index in [2.05, 4.69) is 14.7 Å². The second kappa shape index (κ2) is 8.23. The second-order valence-corrected chi connectivity index (χ2v) is 5.63. The molecule has 11 nitrogen and oxygen atoms in total. The highest BCUT2D eigenvalue weighted by molar-refractivity contribution is 5.78. The SMILES string of the molecule is CC(=O)OO[C@H]1[C@H]2[C@H](OOC(C)=O)CCC(=O)N2C[C@H]1OOC(C)=O. The maximum absolute atomic E-state index is 12.2. The molecule has 0 radical (unpaired) electrons. The monoisotopic (exact) mass is 361 g/mol. The smallest absolute Gasteiger partial charge is 0.331 e. The number of rotatable bonds is 6. The number of hydrogen-bond acceptors (Lipinski definition) is 10. The summed E-state index contributed by atoms with van der Waals surface area (Å²) in [5, 5.41) is 0. The van der Waals surface area contributed by atoms with Gasteiger partial charge in [-0.15, -0.1) is 0 Å². The molecule has 25 heavy (non-hydrogen) atoms. The van der Waals surface area contributed by atoms with Gasteiger partial charge in [0.15, 0.2) is 12.2 Å². The van der Waals surface area contributed by atoms with Crippen molar-refractivity contribution in [3.63, 3.8) is 0 Å². The van der Waals surface area contributed by atoms with Gasteiger partial charge in [-0.05, 0) is 6.42 Å². The highest BCUT2D eigenvalue weighted by atomic mass is 17.2. The Labute approximate surface area is 142 Å². The van der Waals surface area contributed by atoms with Crippen LogP contribution in [-0.4, -0.2) is 59.6 Å². The van der Waals surface area contributed by atoms with Crippen molar-refractivity contribution in [2.24, 2.45) is 0 Å². The summed E-state index contributed by atoms with van der Waals surface area (Å²) in [7, 11) is 0. The van der Waals surface area contributed by atoms with E-state index in [-0.39, 0.29) is 25.3 Å². The highest BCUT2D eigenvalue weighted by Gasteiger charge is 2.54. The molecule has 11 heteroatoms. The van der Waals surface area contributed by atoms with Gasteiger partial charge < -0.3 is 4.90 Å². The zero-order valence-electron chi connectivity index (χ0n) is 14.0. The molecule has 0 aromatic carbocycles. The molecule has 140 valence electrons. The Morgan fingerprint density at radius 3 is 1.96 bits per heavy atom. The van der Waals surface area contributed by atoms with Crippen LogP contribution in [0.2, 0.25) is 0 Å². The number of amides is 1. The minimum absolute atomic E-state index is 0.0165. The zero-order valence-corrected chi connectivity index (χ0v) is 14.0. The molecule has 0 N–H and O–H groups in total. The average molecular weight is 361 g/mol. The molecule has 2 heterocycles. The molecule has 2 rings (SSSR count). The summed E-state index contributed by atoms with van der Waals surface area (Å²) in [5.41, 5.74) is 0. The van der Waals surface area contributed by atoms with Crippen LogP contribution in [0.3, 0.4) is 0 Å². The van der Waals surface area contributed by atoms with Crippen LogP contribution in [0.4, 0.5) is 0 Å². The Kier molecular flexibility index (Phi) is 6.28. The van der Waals surface area contributed by atoms with Crippen LogP contribution >= 0.6 is 0 Å². The van der Waals surface area contributed by atoms with Gasteiger partial charge in [-0.2, -0.15) is 14.7 Å². The predicted octanol–water partition coefficient (Wildman–Crippen LogP) is -0.419. The Bertz CT molecular complexity index is 550. The lowest BCUT2D eigenvalue weighted by molar-refractivity contribution is -0.363. The van der Waals surface area contributed by atoms with Crippen molar-refractivity contribution >= 4 is 23.8 Å². The molecule has 2 aliphatic heterocycles. The summed E-state index contributed by atoms with van der Waals surface area (Å²) in [6.45, 7) is 3.46. The molecule has 2 aliphatic rings. The number of carbonyl (C=O) groups excluding carboxylic acids is 4. The summed E-state index contributed by atoms with van der Waals surface area (Å²) in [4.78, 5) is 75.3. The number of piperidine rings is 1. The molecular formula is C14H19NO10. The number of nitrogens with zero attached hydrogens (tertiary/aromatic N) is 1. The van der Waals surface area contributed by atoms with Crippen molar-refractivity contribution < 1.29 is 48.5 Å². The fraction of sp³-hybridized carbons (Fsp3) is 0.714. The van der Waals surface area contributed by atoms with Gasteiger partial charge in [-0.1, -0.05) is 0 Å².